The Balaban J connectivity index is 1.07. The van der Waals surface area contributed by atoms with E-state index in [2.05, 4.69) is 20.0 Å². The summed E-state index contributed by atoms with van der Waals surface area (Å²) >= 11 is 0. The van der Waals surface area contributed by atoms with Gasteiger partial charge < -0.3 is 25.0 Å². The van der Waals surface area contributed by atoms with E-state index >= 15 is 8.78 Å². The fourth-order valence-electron chi connectivity index (χ4n) is 9.73. The van der Waals surface area contributed by atoms with Gasteiger partial charge in [0.15, 0.2) is 0 Å². The van der Waals surface area contributed by atoms with Crippen LogP contribution >= 0.6 is 0 Å². The molecule has 1 aliphatic carbocycles. The summed E-state index contributed by atoms with van der Waals surface area (Å²) in [7, 11) is 0. The molecule has 2 aromatic carbocycles. The number of phenolic OH excluding ortho intramolecular Hbond substituents is 1. The highest BCUT2D eigenvalue weighted by Crippen LogP contribution is 2.55. The minimum absolute atomic E-state index is 0.0102. The van der Waals surface area contributed by atoms with Gasteiger partial charge in [-0.1, -0.05) is 12.1 Å². The van der Waals surface area contributed by atoms with Crippen molar-refractivity contribution in [3.63, 3.8) is 0 Å². The average Bonchev–Trinajstić information content (AvgIpc) is 3.73. The Morgan fingerprint density at radius 2 is 1.89 bits per heavy atom. The number of rotatable bonds is 5. The number of nitrogens with one attached hydrogen (secondary N) is 1. The predicted octanol–water partition coefficient (Wildman–Crippen LogP) is 4.86. The van der Waals surface area contributed by atoms with Crippen molar-refractivity contribution in [3.05, 3.63) is 47.4 Å². The van der Waals surface area contributed by atoms with Crippen LogP contribution in [0, 0.1) is 5.82 Å². The lowest BCUT2D eigenvalue weighted by Crippen LogP contribution is -2.52. The summed E-state index contributed by atoms with van der Waals surface area (Å²) in [6, 6.07) is 9.50. The van der Waals surface area contributed by atoms with Gasteiger partial charge in [-0.15, -0.1) is 0 Å². The summed E-state index contributed by atoms with van der Waals surface area (Å²) in [6.45, 7) is 4.24. The van der Waals surface area contributed by atoms with Gasteiger partial charge in [-0.2, -0.15) is 9.97 Å². The molecule has 8 nitrogen and oxygen atoms in total. The molecule has 6 heterocycles. The van der Waals surface area contributed by atoms with Gasteiger partial charge in [0.1, 0.15) is 29.7 Å². The number of fused-ring (bicyclic) bond motifs is 7. The molecule has 4 saturated heterocycles. The van der Waals surface area contributed by atoms with Crippen LogP contribution in [0.4, 0.5) is 20.3 Å². The maximum Gasteiger partial charge on any atom is 0.318 e. The summed E-state index contributed by atoms with van der Waals surface area (Å²) in [5.41, 5.74) is 1.26. The third-order valence-electron chi connectivity index (χ3n) is 11.6. The number of piperazine rings is 1. The highest BCUT2D eigenvalue weighted by atomic mass is 19.1. The minimum Gasteiger partial charge on any atom is -0.508 e. The summed E-state index contributed by atoms with van der Waals surface area (Å²) in [6.07, 6.45) is 8.15. The monoisotopic (exact) mass is 602 g/mol. The summed E-state index contributed by atoms with van der Waals surface area (Å²) in [5.74, 6) is 0.750. The maximum absolute atomic E-state index is 16.0. The SMILES string of the molecule is Oc1cc(N2CCc3c(nc(OC[C@@]45CCCN4[C@@H]4CCC[C@]4(F)C5)nc3N3CC4CCC(C3)N4)C2)c2c(F)cccc2c1. The molecule has 232 valence electrons. The van der Waals surface area contributed by atoms with E-state index in [-0.39, 0.29) is 23.1 Å². The second-order valence-corrected chi connectivity index (χ2v) is 14.2. The van der Waals surface area contributed by atoms with Gasteiger partial charge in [0, 0.05) is 61.2 Å². The molecule has 0 spiro atoms. The van der Waals surface area contributed by atoms with Gasteiger partial charge in [-0.3, -0.25) is 4.90 Å². The van der Waals surface area contributed by atoms with Crippen LogP contribution in [0.25, 0.3) is 10.8 Å². The second-order valence-electron chi connectivity index (χ2n) is 14.2. The van der Waals surface area contributed by atoms with Crippen LogP contribution in [0.3, 0.4) is 0 Å². The van der Waals surface area contributed by atoms with E-state index in [9.17, 15) is 5.11 Å². The van der Waals surface area contributed by atoms with Crippen molar-refractivity contribution in [2.75, 3.05) is 42.6 Å². The highest BCUT2D eigenvalue weighted by Gasteiger charge is 2.63. The van der Waals surface area contributed by atoms with Crippen LogP contribution in [-0.2, 0) is 13.0 Å². The molecule has 0 amide bonds. The molecule has 10 heteroatoms. The van der Waals surface area contributed by atoms with Gasteiger partial charge in [0.05, 0.1) is 23.5 Å². The van der Waals surface area contributed by atoms with Gasteiger partial charge in [0.25, 0.3) is 0 Å². The Hall–Kier alpha value is -3.24. The van der Waals surface area contributed by atoms with E-state index in [1.54, 1.807) is 18.2 Å². The van der Waals surface area contributed by atoms with Crippen molar-refractivity contribution in [2.45, 2.75) is 93.7 Å². The largest absolute Gasteiger partial charge is 0.508 e. The smallest absolute Gasteiger partial charge is 0.318 e. The van der Waals surface area contributed by atoms with Crippen molar-refractivity contribution in [1.29, 1.82) is 0 Å². The molecule has 5 fully saturated rings. The number of nitrogens with zero attached hydrogens (tertiary/aromatic N) is 5. The van der Waals surface area contributed by atoms with E-state index in [0.29, 0.717) is 73.5 Å². The zero-order chi connectivity index (χ0) is 29.6. The molecule has 2 unspecified atom stereocenters. The lowest BCUT2D eigenvalue weighted by molar-refractivity contribution is 0.0808. The Kier molecular flexibility index (Phi) is 6.08. The molecule has 44 heavy (non-hydrogen) atoms. The topological polar surface area (TPSA) is 77.0 Å². The van der Waals surface area contributed by atoms with Gasteiger partial charge in [-0.25, -0.2) is 8.78 Å². The number of hydrogen-bond acceptors (Lipinski definition) is 8. The molecule has 1 aromatic heterocycles. The Bertz CT molecular complexity index is 1630. The normalized spacial score (nSPS) is 32.7. The van der Waals surface area contributed by atoms with Crippen LogP contribution in [0.2, 0.25) is 0 Å². The number of alkyl halides is 1. The van der Waals surface area contributed by atoms with Gasteiger partial charge in [0.2, 0.25) is 0 Å². The second kappa shape index (κ2) is 9.88. The first kappa shape index (κ1) is 27.1. The highest BCUT2D eigenvalue weighted by molar-refractivity contribution is 5.96. The number of phenols is 1. The fourth-order valence-corrected chi connectivity index (χ4v) is 9.73. The summed E-state index contributed by atoms with van der Waals surface area (Å²) in [4.78, 5) is 17.0. The van der Waals surface area contributed by atoms with Gasteiger partial charge in [-0.05, 0) is 75.4 Å². The number of aromatic hydroxyl groups is 1. The minimum atomic E-state index is -1.11. The lowest BCUT2D eigenvalue weighted by atomic mass is 9.88. The molecule has 5 aliphatic heterocycles. The van der Waals surface area contributed by atoms with E-state index in [1.807, 2.05) is 6.07 Å². The van der Waals surface area contributed by atoms with E-state index in [0.717, 1.165) is 62.4 Å². The third kappa shape index (κ3) is 4.20. The first-order valence-corrected chi connectivity index (χ1v) is 16.5. The maximum atomic E-state index is 16.0. The van der Waals surface area contributed by atoms with E-state index in [1.165, 1.54) is 18.9 Å². The molecule has 5 atom stereocenters. The first-order valence-electron chi connectivity index (χ1n) is 16.5. The number of ether oxygens (including phenoxy) is 1. The molecular formula is C34H40F2N6O2. The molecule has 2 N–H and O–H groups in total. The number of aromatic nitrogens is 2. The average molecular weight is 603 g/mol. The number of benzene rings is 2. The molecule has 1 saturated carbocycles. The van der Waals surface area contributed by atoms with Crippen LogP contribution in [0.1, 0.15) is 62.6 Å². The standard InChI is InChI=1S/C34H40F2N6O2/c35-26-5-1-4-21-14-24(43)15-28(30(21)26)40-13-9-25-27(18-40)38-32(39-31(25)41-16-22-7-8-23(17-41)37-22)44-20-33-10-3-12-42(33)29-6-2-11-34(29,36)19-33/h1,4-5,14-15,22-23,29,37,43H,2-3,6-13,16-20H2/t22?,23?,29-,33+,34+/m1/s1. The molecule has 2 bridgehead atoms. The van der Waals surface area contributed by atoms with Crippen molar-refractivity contribution < 1.29 is 18.6 Å². The molecular weight excluding hydrogens is 562 g/mol. The number of anilines is 2. The number of halogens is 2. The van der Waals surface area contributed by atoms with Crippen LogP contribution in [0.5, 0.6) is 11.8 Å². The fraction of sp³-hybridized carbons (Fsp3) is 0.588. The van der Waals surface area contributed by atoms with Crippen molar-refractivity contribution >= 4 is 22.3 Å². The Labute approximate surface area is 256 Å². The van der Waals surface area contributed by atoms with Crippen molar-refractivity contribution in [3.8, 4) is 11.8 Å². The van der Waals surface area contributed by atoms with Crippen molar-refractivity contribution in [1.82, 2.24) is 20.2 Å². The zero-order valence-electron chi connectivity index (χ0n) is 25.1. The number of hydrogen-bond donors (Lipinski definition) is 2. The summed E-state index contributed by atoms with van der Waals surface area (Å²) in [5, 5.41) is 15.4. The molecule has 6 aliphatic rings. The lowest BCUT2D eigenvalue weighted by Gasteiger charge is -2.38. The predicted molar refractivity (Wildman–Crippen MR) is 165 cm³/mol. The van der Waals surface area contributed by atoms with Crippen LogP contribution < -0.4 is 19.9 Å². The zero-order valence-corrected chi connectivity index (χ0v) is 25.1. The van der Waals surface area contributed by atoms with E-state index < -0.39 is 5.67 Å². The summed E-state index contributed by atoms with van der Waals surface area (Å²) < 4.78 is 37.7. The van der Waals surface area contributed by atoms with Crippen molar-refractivity contribution in [2.24, 2.45) is 0 Å². The van der Waals surface area contributed by atoms with Crippen LogP contribution in [-0.4, -0.2) is 82.1 Å². The Morgan fingerprint density at radius 1 is 1.02 bits per heavy atom. The molecule has 3 aromatic rings. The first-order chi connectivity index (χ1) is 21.4. The quantitative estimate of drug-likeness (QED) is 0.429. The molecule has 9 rings (SSSR count). The third-order valence-corrected chi connectivity index (χ3v) is 11.6. The van der Waals surface area contributed by atoms with Gasteiger partial charge >= 0.3 is 6.01 Å². The molecule has 0 radical (unpaired) electrons. The van der Waals surface area contributed by atoms with E-state index in [4.69, 9.17) is 14.7 Å². The van der Waals surface area contributed by atoms with Crippen LogP contribution in [0.15, 0.2) is 30.3 Å². The Morgan fingerprint density at radius 3 is 2.75 bits per heavy atom.